The number of benzene rings is 1. The van der Waals surface area contributed by atoms with Gasteiger partial charge < -0.3 is 16.4 Å². The molecule has 0 bridgehead atoms. The van der Waals surface area contributed by atoms with Crippen LogP contribution in [-0.4, -0.2) is 20.4 Å². The van der Waals surface area contributed by atoms with E-state index in [1.54, 1.807) is 16.8 Å². The van der Waals surface area contributed by atoms with E-state index < -0.39 is 6.04 Å². The number of nitrogens with two attached hydrogens (primary N) is 1. The van der Waals surface area contributed by atoms with Crippen LogP contribution in [0.2, 0.25) is 0 Å². The molecular weight excluding hydrogens is 380 g/mol. The predicted molar refractivity (Wildman–Crippen MR) is 115 cm³/mol. The predicted octanol–water partition coefficient (Wildman–Crippen LogP) is 1.94. The molecule has 4 rings (SSSR count). The number of rotatable bonds is 6. The average Bonchev–Trinajstić information content (AvgIpc) is 3.18. The first-order valence-corrected chi connectivity index (χ1v) is 9.91. The molecule has 0 radical (unpaired) electrons. The van der Waals surface area contributed by atoms with Crippen molar-refractivity contribution in [1.82, 2.24) is 19.9 Å². The Kier molecular flexibility index (Phi) is 5.47. The molecule has 0 unspecified atom stereocenters. The molecule has 0 fully saturated rings. The fourth-order valence-electron chi connectivity index (χ4n) is 3.69. The van der Waals surface area contributed by atoms with Crippen LogP contribution in [0.1, 0.15) is 35.0 Å². The summed E-state index contributed by atoms with van der Waals surface area (Å²) in [4.78, 5) is 34.3. The summed E-state index contributed by atoms with van der Waals surface area (Å²) >= 11 is 0. The van der Waals surface area contributed by atoms with E-state index in [9.17, 15) is 9.59 Å². The zero-order chi connectivity index (χ0) is 21.1. The van der Waals surface area contributed by atoms with Gasteiger partial charge in [-0.2, -0.15) is 0 Å². The number of nitrogen functional groups attached to an aromatic ring is 1. The third-order valence-electron chi connectivity index (χ3n) is 5.33. The van der Waals surface area contributed by atoms with E-state index in [2.05, 4.69) is 20.6 Å². The maximum absolute atomic E-state index is 13.0. The van der Waals surface area contributed by atoms with E-state index in [4.69, 9.17) is 5.73 Å². The SMILES string of the molecule is Cc1nc(N)ccc1CNC(=O)[C@@H]1CCc2cnc(NCc3ccccc3)c(=O)n21. The van der Waals surface area contributed by atoms with Crippen LogP contribution in [0.5, 0.6) is 0 Å². The lowest BCUT2D eigenvalue weighted by atomic mass is 10.1. The molecule has 30 heavy (non-hydrogen) atoms. The second-order valence-electron chi connectivity index (χ2n) is 7.37. The van der Waals surface area contributed by atoms with Crippen LogP contribution < -0.4 is 21.9 Å². The number of fused-ring (bicyclic) bond motifs is 1. The van der Waals surface area contributed by atoms with Gasteiger partial charge in [0.2, 0.25) is 5.91 Å². The highest BCUT2D eigenvalue weighted by molar-refractivity contribution is 5.81. The van der Waals surface area contributed by atoms with Crippen molar-refractivity contribution in [3.05, 3.63) is 81.5 Å². The lowest BCUT2D eigenvalue weighted by molar-refractivity contribution is -0.124. The molecule has 154 valence electrons. The Balaban J connectivity index is 1.48. The van der Waals surface area contributed by atoms with Crippen molar-refractivity contribution in [2.24, 2.45) is 0 Å². The Labute approximate surface area is 174 Å². The Morgan fingerprint density at radius 3 is 2.77 bits per heavy atom. The summed E-state index contributed by atoms with van der Waals surface area (Å²) in [5.41, 5.74) is 8.90. The first-order valence-electron chi connectivity index (χ1n) is 9.91. The van der Waals surface area contributed by atoms with Gasteiger partial charge in [0, 0.05) is 30.7 Å². The van der Waals surface area contributed by atoms with E-state index >= 15 is 0 Å². The zero-order valence-electron chi connectivity index (χ0n) is 16.8. The molecule has 1 aromatic carbocycles. The summed E-state index contributed by atoms with van der Waals surface area (Å²) in [7, 11) is 0. The molecule has 0 saturated carbocycles. The number of aryl methyl sites for hydroxylation is 2. The molecule has 1 aliphatic rings. The third kappa shape index (κ3) is 4.03. The molecule has 1 atom stereocenters. The van der Waals surface area contributed by atoms with E-state index in [1.807, 2.05) is 43.3 Å². The summed E-state index contributed by atoms with van der Waals surface area (Å²) in [6.07, 6.45) is 2.89. The molecule has 2 aromatic heterocycles. The van der Waals surface area contributed by atoms with Gasteiger partial charge in [-0.3, -0.25) is 14.2 Å². The number of carbonyl (C=O) groups is 1. The van der Waals surface area contributed by atoms with Gasteiger partial charge in [-0.1, -0.05) is 36.4 Å². The van der Waals surface area contributed by atoms with Gasteiger partial charge in [-0.25, -0.2) is 9.97 Å². The smallest absolute Gasteiger partial charge is 0.294 e. The topological polar surface area (TPSA) is 115 Å². The molecule has 3 aromatic rings. The molecule has 1 amide bonds. The third-order valence-corrected chi connectivity index (χ3v) is 5.33. The van der Waals surface area contributed by atoms with E-state index in [1.165, 1.54) is 0 Å². The first kappa shape index (κ1) is 19.6. The molecular formula is C22H24N6O2. The first-order chi connectivity index (χ1) is 14.5. The van der Waals surface area contributed by atoms with Crippen LogP contribution in [0.25, 0.3) is 0 Å². The quantitative estimate of drug-likeness (QED) is 0.578. The van der Waals surface area contributed by atoms with E-state index in [0.717, 1.165) is 22.5 Å². The number of nitrogens with zero attached hydrogens (tertiary/aromatic N) is 3. The van der Waals surface area contributed by atoms with Crippen molar-refractivity contribution in [3.8, 4) is 0 Å². The minimum atomic E-state index is -0.546. The number of pyridine rings is 1. The number of aromatic nitrogens is 3. The molecule has 3 heterocycles. The Morgan fingerprint density at radius 1 is 1.20 bits per heavy atom. The van der Waals surface area contributed by atoms with Crippen LogP contribution in [0, 0.1) is 6.92 Å². The highest BCUT2D eigenvalue weighted by atomic mass is 16.2. The van der Waals surface area contributed by atoms with Gasteiger partial charge >= 0.3 is 0 Å². The normalized spacial score (nSPS) is 14.9. The van der Waals surface area contributed by atoms with Gasteiger partial charge in [0.25, 0.3) is 5.56 Å². The minimum Gasteiger partial charge on any atom is -0.384 e. The van der Waals surface area contributed by atoms with Gasteiger partial charge in [0.05, 0.1) is 0 Å². The molecule has 4 N–H and O–H groups in total. The van der Waals surface area contributed by atoms with Crippen molar-refractivity contribution in [3.63, 3.8) is 0 Å². The molecule has 0 aliphatic carbocycles. The van der Waals surface area contributed by atoms with Gasteiger partial charge in [0.1, 0.15) is 11.9 Å². The maximum atomic E-state index is 13.0. The van der Waals surface area contributed by atoms with E-state index in [0.29, 0.717) is 31.7 Å². The zero-order valence-corrected chi connectivity index (χ0v) is 16.8. The van der Waals surface area contributed by atoms with Crippen LogP contribution in [-0.2, 0) is 24.3 Å². The molecule has 8 heteroatoms. The molecule has 8 nitrogen and oxygen atoms in total. The molecule has 1 aliphatic heterocycles. The number of hydrogen-bond acceptors (Lipinski definition) is 6. The van der Waals surface area contributed by atoms with E-state index in [-0.39, 0.29) is 17.3 Å². The summed E-state index contributed by atoms with van der Waals surface area (Å²) in [5, 5.41) is 6.02. The molecule has 0 spiro atoms. The fourth-order valence-corrected chi connectivity index (χ4v) is 3.69. The number of carbonyl (C=O) groups excluding carboxylic acids is 1. The Bertz CT molecular complexity index is 1130. The van der Waals surface area contributed by atoms with Crippen molar-refractivity contribution < 1.29 is 4.79 Å². The highest BCUT2D eigenvalue weighted by Crippen LogP contribution is 2.24. The van der Waals surface area contributed by atoms with Crippen LogP contribution in [0.4, 0.5) is 11.6 Å². The van der Waals surface area contributed by atoms with Crippen molar-refractivity contribution in [2.75, 3.05) is 11.1 Å². The van der Waals surface area contributed by atoms with Gasteiger partial charge in [-0.05, 0) is 37.0 Å². The summed E-state index contributed by atoms with van der Waals surface area (Å²) in [6, 6.07) is 12.8. The number of hydrogen-bond donors (Lipinski definition) is 3. The monoisotopic (exact) mass is 404 g/mol. The van der Waals surface area contributed by atoms with Gasteiger partial charge in [-0.15, -0.1) is 0 Å². The van der Waals surface area contributed by atoms with Gasteiger partial charge in [0.15, 0.2) is 5.82 Å². The van der Waals surface area contributed by atoms with Crippen LogP contribution >= 0.6 is 0 Å². The lowest BCUT2D eigenvalue weighted by Gasteiger charge is -2.16. The fraction of sp³-hybridized carbons (Fsp3) is 0.273. The van der Waals surface area contributed by atoms with Crippen LogP contribution in [0.15, 0.2) is 53.5 Å². The summed E-state index contributed by atoms with van der Waals surface area (Å²) in [5.74, 6) is 0.509. The second kappa shape index (κ2) is 8.36. The highest BCUT2D eigenvalue weighted by Gasteiger charge is 2.30. The average molecular weight is 404 g/mol. The Morgan fingerprint density at radius 2 is 2.00 bits per heavy atom. The number of nitrogens with one attached hydrogen (secondary N) is 2. The lowest BCUT2D eigenvalue weighted by Crippen LogP contribution is -2.36. The van der Waals surface area contributed by atoms with Crippen molar-refractivity contribution >= 4 is 17.5 Å². The van der Waals surface area contributed by atoms with Crippen LogP contribution in [0.3, 0.4) is 0 Å². The van der Waals surface area contributed by atoms with Crippen molar-refractivity contribution in [2.45, 2.75) is 38.9 Å². The largest absolute Gasteiger partial charge is 0.384 e. The second-order valence-corrected chi connectivity index (χ2v) is 7.37. The summed E-state index contributed by atoms with van der Waals surface area (Å²) in [6.45, 7) is 2.68. The standard InChI is InChI=1S/C22H24N6O2/c1-14-16(7-10-19(23)27-14)12-26-21(29)18-9-8-17-13-25-20(22(30)28(17)18)24-11-15-5-3-2-4-6-15/h2-7,10,13,18H,8-9,11-12H2,1H3,(H2,23,27)(H,24,25)(H,26,29)/t18-/m0/s1. The number of anilines is 2. The minimum absolute atomic E-state index is 0.188. The van der Waals surface area contributed by atoms with Crippen molar-refractivity contribution in [1.29, 1.82) is 0 Å². The number of amides is 1. The summed E-state index contributed by atoms with van der Waals surface area (Å²) < 4.78 is 1.56. The Hall–Kier alpha value is -3.68. The maximum Gasteiger partial charge on any atom is 0.294 e. The molecule has 0 saturated heterocycles.